The van der Waals surface area contributed by atoms with Gasteiger partial charge in [-0.2, -0.15) is 0 Å². The Bertz CT molecular complexity index is 377. The molecule has 16 heavy (non-hydrogen) atoms. The topological polar surface area (TPSA) is 49.3 Å². The van der Waals surface area contributed by atoms with Crippen LogP contribution in [-0.2, 0) is 0 Å². The third kappa shape index (κ3) is 4.00. The molecular formula is C12H16INO2. The zero-order chi connectivity index (χ0) is 12.1. The van der Waals surface area contributed by atoms with E-state index in [0.717, 1.165) is 9.99 Å². The van der Waals surface area contributed by atoms with Gasteiger partial charge in [0.05, 0.1) is 3.57 Å². The fraction of sp³-hybridized carbons (Fsp3) is 0.417. The molecule has 1 aromatic rings. The number of hydrogen-bond acceptors (Lipinski definition) is 2. The minimum absolute atomic E-state index is 0.132. The first-order chi connectivity index (χ1) is 7.50. The van der Waals surface area contributed by atoms with Crippen molar-refractivity contribution in [3.63, 3.8) is 0 Å². The van der Waals surface area contributed by atoms with Gasteiger partial charge in [0.1, 0.15) is 5.75 Å². The van der Waals surface area contributed by atoms with Crippen LogP contribution < -0.4 is 5.32 Å². The Balaban J connectivity index is 2.56. The van der Waals surface area contributed by atoms with Crippen molar-refractivity contribution in [2.75, 3.05) is 6.54 Å². The van der Waals surface area contributed by atoms with Crippen LogP contribution in [0, 0.1) is 9.49 Å². The van der Waals surface area contributed by atoms with Crippen LogP contribution in [0.4, 0.5) is 0 Å². The van der Waals surface area contributed by atoms with E-state index >= 15 is 0 Å². The second-order valence-corrected chi connectivity index (χ2v) is 5.27. The highest BCUT2D eigenvalue weighted by atomic mass is 127. The van der Waals surface area contributed by atoms with Crippen LogP contribution in [0.15, 0.2) is 18.2 Å². The zero-order valence-corrected chi connectivity index (χ0v) is 11.6. The zero-order valence-electron chi connectivity index (χ0n) is 9.46. The van der Waals surface area contributed by atoms with E-state index in [1.807, 2.05) is 22.6 Å². The molecule has 0 saturated carbocycles. The van der Waals surface area contributed by atoms with Crippen molar-refractivity contribution < 1.29 is 9.90 Å². The average Bonchev–Trinajstić information content (AvgIpc) is 2.21. The SMILES string of the molecule is CC(C)CCNC(=O)c1ccc(I)c(O)c1. The molecule has 0 bridgehead atoms. The van der Waals surface area contributed by atoms with E-state index in [2.05, 4.69) is 19.2 Å². The minimum Gasteiger partial charge on any atom is -0.507 e. The highest BCUT2D eigenvalue weighted by molar-refractivity contribution is 14.1. The fourth-order valence-corrected chi connectivity index (χ4v) is 1.57. The van der Waals surface area contributed by atoms with Crippen molar-refractivity contribution in [3.8, 4) is 5.75 Å². The lowest BCUT2D eigenvalue weighted by atomic mass is 10.1. The molecule has 88 valence electrons. The highest BCUT2D eigenvalue weighted by Gasteiger charge is 2.07. The standard InChI is InChI=1S/C12H16INO2/c1-8(2)5-6-14-12(16)9-3-4-10(13)11(15)7-9/h3-4,7-8,15H,5-6H2,1-2H3,(H,14,16). The number of hydrogen-bond donors (Lipinski definition) is 2. The lowest BCUT2D eigenvalue weighted by molar-refractivity contribution is 0.0951. The number of carbonyl (C=O) groups is 1. The number of benzene rings is 1. The molecule has 1 rings (SSSR count). The summed E-state index contributed by atoms with van der Waals surface area (Å²) in [4.78, 5) is 11.7. The van der Waals surface area contributed by atoms with Crippen LogP contribution >= 0.6 is 22.6 Å². The van der Waals surface area contributed by atoms with Crippen molar-refractivity contribution in [1.82, 2.24) is 5.32 Å². The first-order valence-corrected chi connectivity index (χ1v) is 6.35. The van der Waals surface area contributed by atoms with Gasteiger partial charge in [-0.3, -0.25) is 4.79 Å². The van der Waals surface area contributed by atoms with Crippen molar-refractivity contribution in [1.29, 1.82) is 0 Å². The van der Waals surface area contributed by atoms with Crippen LogP contribution in [-0.4, -0.2) is 17.6 Å². The van der Waals surface area contributed by atoms with Gasteiger partial charge in [0.15, 0.2) is 0 Å². The Labute approximate surface area is 109 Å². The fourth-order valence-electron chi connectivity index (χ4n) is 1.23. The van der Waals surface area contributed by atoms with Crippen LogP contribution in [0.5, 0.6) is 5.75 Å². The molecule has 0 aliphatic carbocycles. The molecule has 0 aliphatic rings. The Morgan fingerprint density at radius 2 is 2.19 bits per heavy atom. The summed E-state index contributed by atoms with van der Waals surface area (Å²) in [6, 6.07) is 4.94. The average molecular weight is 333 g/mol. The van der Waals surface area contributed by atoms with Gasteiger partial charge < -0.3 is 10.4 Å². The molecule has 0 spiro atoms. The van der Waals surface area contributed by atoms with Gasteiger partial charge in [-0.25, -0.2) is 0 Å². The quantitative estimate of drug-likeness (QED) is 0.833. The molecule has 0 radical (unpaired) electrons. The van der Waals surface area contributed by atoms with Gasteiger partial charge in [0.25, 0.3) is 5.91 Å². The van der Waals surface area contributed by atoms with E-state index in [0.29, 0.717) is 18.0 Å². The summed E-state index contributed by atoms with van der Waals surface area (Å²) in [6.45, 7) is 4.90. The van der Waals surface area contributed by atoms with Crippen LogP contribution in [0.3, 0.4) is 0 Å². The Kier molecular flexibility index (Phi) is 5.05. The second kappa shape index (κ2) is 6.08. The summed E-state index contributed by atoms with van der Waals surface area (Å²) in [5.74, 6) is 0.592. The third-order valence-corrected chi connectivity index (χ3v) is 3.13. The highest BCUT2D eigenvalue weighted by Crippen LogP contribution is 2.20. The molecule has 1 amide bonds. The van der Waals surface area contributed by atoms with Crippen LogP contribution in [0.2, 0.25) is 0 Å². The van der Waals surface area contributed by atoms with Gasteiger partial charge in [-0.15, -0.1) is 0 Å². The van der Waals surface area contributed by atoms with E-state index in [9.17, 15) is 9.90 Å². The summed E-state index contributed by atoms with van der Waals surface area (Å²) in [7, 11) is 0. The smallest absolute Gasteiger partial charge is 0.251 e. The summed E-state index contributed by atoms with van der Waals surface area (Å²) in [5.41, 5.74) is 0.502. The van der Waals surface area contributed by atoms with Crippen LogP contribution in [0.1, 0.15) is 30.6 Å². The molecule has 0 aromatic heterocycles. The maximum absolute atomic E-state index is 11.7. The van der Waals surface area contributed by atoms with Crippen molar-refractivity contribution in [2.45, 2.75) is 20.3 Å². The van der Waals surface area contributed by atoms with Gasteiger partial charge >= 0.3 is 0 Å². The van der Waals surface area contributed by atoms with Gasteiger partial charge in [-0.05, 0) is 53.1 Å². The van der Waals surface area contributed by atoms with E-state index in [-0.39, 0.29) is 11.7 Å². The van der Waals surface area contributed by atoms with Crippen molar-refractivity contribution in [3.05, 3.63) is 27.3 Å². The van der Waals surface area contributed by atoms with Crippen molar-refractivity contribution >= 4 is 28.5 Å². The summed E-state index contributed by atoms with van der Waals surface area (Å²) in [6.07, 6.45) is 0.960. The molecule has 4 heteroatoms. The number of halogens is 1. The van der Waals surface area contributed by atoms with Crippen LogP contribution in [0.25, 0.3) is 0 Å². The molecule has 0 aliphatic heterocycles. The van der Waals surface area contributed by atoms with E-state index in [1.165, 1.54) is 6.07 Å². The third-order valence-electron chi connectivity index (χ3n) is 2.22. The first-order valence-electron chi connectivity index (χ1n) is 5.27. The predicted molar refractivity (Wildman–Crippen MR) is 72.6 cm³/mol. The molecule has 0 saturated heterocycles. The maximum atomic E-state index is 11.7. The first kappa shape index (κ1) is 13.3. The number of phenolic OH excluding ortho intramolecular Hbond substituents is 1. The van der Waals surface area contributed by atoms with E-state index in [1.54, 1.807) is 12.1 Å². The molecule has 0 fully saturated rings. The summed E-state index contributed by atoms with van der Waals surface area (Å²) < 4.78 is 0.747. The van der Waals surface area contributed by atoms with Gasteiger partial charge in [0.2, 0.25) is 0 Å². The number of aromatic hydroxyl groups is 1. The number of phenols is 1. The molecule has 2 N–H and O–H groups in total. The molecule has 0 heterocycles. The number of nitrogens with one attached hydrogen (secondary N) is 1. The number of rotatable bonds is 4. The Hall–Kier alpha value is -0.780. The molecular weight excluding hydrogens is 317 g/mol. The molecule has 0 atom stereocenters. The largest absolute Gasteiger partial charge is 0.507 e. The van der Waals surface area contributed by atoms with Gasteiger partial charge in [0, 0.05) is 12.1 Å². The van der Waals surface area contributed by atoms with Gasteiger partial charge in [-0.1, -0.05) is 13.8 Å². The van der Waals surface area contributed by atoms with Crippen molar-refractivity contribution in [2.24, 2.45) is 5.92 Å². The van der Waals surface area contributed by atoms with E-state index in [4.69, 9.17) is 0 Å². The summed E-state index contributed by atoms with van der Waals surface area (Å²) in [5, 5.41) is 12.3. The lowest BCUT2D eigenvalue weighted by Crippen LogP contribution is -2.25. The number of amides is 1. The normalized spacial score (nSPS) is 10.5. The lowest BCUT2D eigenvalue weighted by Gasteiger charge is -2.07. The summed E-state index contributed by atoms with van der Waals surface area (Å²) >= 11 is 2.02. The Morgan fingerprint density at radius 1 is 1.50 bits per heavy atom. The second-order valence-electron chi connectivity index (χ2n) is 4.10. The predicted octanol–water partition coefficient (Wildman–Crippen LogP) is 2.77. The number of carbonyl (C=O) groups excluding carboxylic acids is 1. The Morgan fingerprint density at radius 3 is 2.75 bits per heavy atom. The molecule has 0 unspecified atom stereocenters. The maximum Gasteiger partial charge on any atom is 0.251 e. The minimum atomic E-state index is -0.132. The molecule has 3 nitrogen and oxygen atoms in total. The van der Waals surface area contributed by atoms with E-state index < -0.39 is 0 Å². The molecule has 1 aromatic carbocycles. The monoisotopic (exact) mass is 333 g/mol.